The molecule has 1 radical (unpaired) electrons. The molecule has 1 aliphatic heterocycles. The van der Waals surface area contributed by atoms with E-state index in [0.717, 1.165) is 31.5 Å². The lowest BCUT2D eigenvalue weighted by atomic mass is 9.89. The van der Waals surface area contributed by atoms with Gasteiger partial charge in [0.15, 0.2) is 0 Å². The summed E-state index contributed by atoms with van der Waals surface area (Å²) in [7, 11) is 0. The van der Waals surface area contributed by atoms with Gasteiger partial charge in [-0.25, -0.2) is 0 Å². The number of benzene rings is 1. The molecule has 1 saturated heterocycles. The van der Waals surface area contributed by atoms with Gasteiger partial charge in [0.05, 0.1) is 5.56 Å². The Bertz CT molecular complexity index is 426. The van der Waals surface area contributed by atoms with Crippen LogP contribution in [-0.4, -0.2) is 24.0 Å². The maximum Gasteiger partial charge on any atom is 0.417 e. The highest BCUT2D eigenvalue weighted by Gasteiger charge is 2.32. The van der Waals surface area contributed by atoms with Crippen LogP contribution in [0.1, 0.15) is 43.7 Å². The molecule has 0 saturated carbocycles. The zero-order chi connectivity index (χ0) is 14.0. The fourth-order valence-electron chi connectivity index (χ4n) is 2.65. The lowest BCUT2D eigenvalue weighted by Crippen LogP contribution is -2.39. The van der Waals surface area contributed by atoms with Crippen molar-refractivity contribution in [1.82, 2.24) is 4.90 Å². The summed E-state index contributed by atoms with van der Waals surface area (Å²) in [5.74, 6) is 0.201. The molecule has 0 aliphatic carbocycles. The highest BCUT2D eigenvalue weighted by molar-refractivity contribution is 5.28. The number of hydrogen-bond acceptors (Lipinski definition) is 1. The molecule has 1 fully saturated rings. The lowest BCUT2D eigenvalue weighted by Gasteiger charge is -2.35. The summed E-state index contributed by atoms with van der Waals surface area (Å²) in [6.45, 7) is 6.14. The second kappa shape index (κ2) is 5.53. The summed E-state index contributed by atoms with van der Waals surface area (Å²) >= 11 is 0. The van der Waals surface area contributed by atoms with E-state index in [9.17, 15) is 13.2 Å². The largest absolute Gasteiger partial charge is 0.417 e. The van der Waals surface area contributed by atoms with Crippen molar-refractivity contribution >= 4 is 0 Å². The van der Waals surface area contributed by atoms with E-state index in [4.69, 9.17) is 0 Å². The molecule has 0 spiro atoms. The van der Waals surface area contributed by atoms with E-state index in [-0.39, 0.29) is 5.92 Å². The van der Waals surface area contributed by atoms with E-state index in [1.807, 2.05) is 0 Å². The normalized spacial score (nSPS) is 21.9. The van der Waals surface area contributed by atoms with Gasteiger partial charge in [0.1, 0.15) is 0 Å². The monoisotopic (exact) mass is 270 g/mol. The van der Waals surface area contributed by atoms with Gasteiger partial charge >= 0.3 is 6.18 Å². The van der Waals surface area contributed by atoms with E-state index in [0.29, 0.717) is 6.04 Å². The SMILES string of the molecule is CC(C)N1CCCC(c2cc[c]c(C(F)(F)F)c2)C1. The third-order valence-electron chi connectivity index (χ3n) is 3.79. The molecular weight excluding hydrogens is 251 g/mol. The third kappa shape index (κ3) is 3.50. The van der Waals surface area contributed by atoms with Crippen molar-refractivity contribution in [2.45, 2.75) is 44.8 Å². The van der Waals surface area contributed by atoms with Crippen molar-refractivity contribution in [2.24, 2.45) is 0 Å². The Morgan fingerprint density at radius 2 is 2.11 bits per heavy atom. The molecular formula is C15H19F3N. The number of piperidine rings is 1. The van der Waals surface area contributed by atoms with Crippen LogP contribution in [0.25, 0.3) is 0 Å². The molecule has 0 aromatic heterocycles. The van der Waals surface area contributed by atoms with Gasteiger partial charge in [0, 0.05) is 12.6 Å². The van der Waals surface area contributed by atoms with Crippen LogP contribution in [0.15, 0.2) is 18.2 Å². The molecule has 0 amide bonds. The molecule has 1 heterocycles. The number of halogens is 3. The average Bonchev–Trinajstić information content (AvgIpc) is 2.38. The van der Waals surface area contributed by atoms with E-state index in [1.165, 1.54) is 12.1 Å². The topological polar surface area (TPSA) is 3.24 Å². The van der Waals surface area contributed by atoms with E-state index in [2.05, 4.69) is 24.8 Å². The van der Waals surface area contributed by atoms with Crippen LogP contribution in [0.4, 0.5) is 13.2 Å². The summed E-state index contributed by atoms with van der Waals surface area (Å²) < 4.78 is 38.1. The quantitative estimate of drug-likeness (QED) is 0.782. The molecule has 1 aromatic carbocycles. The highest BCUT2D eigenvalue weighted by Crippen LogP contribution is 2.33. The molecule has 105 valence electrons. The standard InChI is InChI=1S/C15H19F3N/c1-11(2)19-8-4-6-13(10-19)12-5-3-7-14(9-12)15(16,17)18/h3,5,9,11,13H,4,6,8,10H2,1-2H3. The van der Waals surface area contributed by atoms with E-state index >= 15 is 0 Å². The summed E-state index contributed by atoms with van der Waals surface area (Å²) in [6.07, 6.45) is -2.30. The number of alkyl halides is 3. The number of likely N-dealkylation sites (tertiary alicyclic amines) is 1. The van der Waals surface area contributed by atoms with Crippen LogP contribution in [0.3, 0.4) is 0 Å². The lowest BCUT2D eigenvalue weighted by molar-refractivity contribution is -0.137. The molecule has 1 nitrogen and oxygen atoms in total. The van der Waals surface area contributed by atoms with E-state index < -0.39 is 11.7 Å². The minimum absolute atomic E-state index is 0.201. The Hall–Kier alpha value is -1.03. The molecule has 1 unspecified atom stereocenters. The summed E-state index contributed by atoms with van der Waals surface area (Å²) in [4.78, 5) is 2.33. The molecule has 0 bridgehead atoms. The molecule has 1 aliphatic rings. The first-order valence-electron chi connectivity index (χ1n) is 6.71. The van der Waals surface area contributed by atoms with Crippen LogP contribution in [0.2, 0.25) is 0 Å². The van der Waals surface area contributed by atoms with Crippen molar-refractivity contribution < 1.29 is 13.2 Å². The molecule has 1 aromatic rings. The van der Waals surface area contributed by atoms with Gasteiger partial charge in [0.2, 0.25) is 0 Å². The molecule has 1 atom stereocenters. The first kappa shape index (κ1) is 14.4. The fraction of sp³-hybridized carbons (Fsp3) is 0.600. The first-order chi connectivity index (χ1) is 8.88. The summed E-state index contributed by atoms with van der Waals surface area (Å²) in [5, 5.41) is 0. The molecule has 0 N–H and O–H groups in total. The minimum atomic E-state index is -4.30. The van der Waals surface area contributed by atoms with Crippen LogP contribution in [0, 0.1) is 6.07 Å². The molecule has 4 heteroatoms. The number of rotatable bonds is 2. The second-order valence-corrected chi connectivity index (χ2v) is 5.46. The predicted octanol–water partition coefficient (Wildman–Crippen LogP) is 4.09. The Morgan fingerprint density at radius 3 is 2.74 bits per heavy atom. The van der Waals surface area contributed by atoms with Crippen LogP contribution in [-0.2, 0) is 6.18 Å². The van der Waals surface area contributed by atoms with Crippen molar-refractivity contribution in [3.63, 3.8) is 0 Å². The molecule has 2 rings (SSSR count). The fourth-order valence-corrected chi connectivity index (χ4v) is 2.65. The van der Waals surface area contributed by atoms with Gasteiger partial charge in [0.25, 0.3) is 0 Å². The van der Waals surface area contributed by atoms with Crippen molar-refractivity contribution in [3.8, 4) is 0 Å². The van der Waals surface area contributed by atoms with Gasteiger partial charge in [-0.3, -0.25) is 0 Å². The highest BCUT2D eigenvalue weighted by atomic mass is 19.4. The predicted molar refractivity (Wildman–Crippen MR) is 69.0 cm³/mol. The zero-order valence-corrected chi connectivity index (χ0v) is 11.3. The number of hydrogen-bond donors (Lipinski definition) is 0. The Kier molecular flexibility index (Phi) is 4.19. The summed E-state index contributed by atoms with van der Waals surface area (Å²) in [6, 6.07) is 7.15. The summed E-state index contributed by atoms with van der Waals surface area (Å²) in [5.41, 5.74) is 0.128. The van der Waals surface area contributed by atoms with Crippen molar-refractivity contribution in [2.75, 3.05) is 13.1 Å². The Balaban J connectivity index is 2.17. The van der Waals surface area contributed by atoms with Crippen LogP contribution < -0.4 is 0 Å². The Morgan fingerprint density at radius 1 is 1.37 bits per heavy atom. The average molecular weight is 270 g/mol. The molecule has 19 heavy (non-hydrogen) atoms. The maximum absolute atomic E-state index is 12.7. The maximum atomic E-state index is 12.7. The minimum Gasteiger partial charge on any atom is -0.300 e. The van der Waals surface area contributed by atoms with Gasteiger partial charge in [-0.05, 0) is 56.8 Å². The first-order valence-corrected chi connectivity index (χ1v) is 6.71. The van der Waals surface area contributed by atoms with Crippen molar-refractivity contribution in [3.05, 3.63) is 35.4 Å². The van der Waals surface area contributed by atoms with E-state index in [1.54, 1.807) is 6.07 Å². The van der Waals surface area contributed by atoms with Crippen molar-refractivity contribution in [1.29, 1.82) is 0 Å². The Labute approximate surface area is 112 Å². The van der Waals surface area contributed by atoms with Gasteiger partial charge in [-0.1, -0.05) is 12.1 Å². The van der Waals surface area contributed by atoms with Gasteiger partial charge in [-0.15, -0.1) is 0 Å². The van der Waals surface area contributed by atoms with Gasteiger partial charge in [-0.2, -0.15) is 13.2 Å². The third-order valence-corrected chi connectivity index (χ3v) is 3.79. The smallest absolute Gasteiger partial charge is 0.300 e. The zero-order valence-electron chi connectivity index (χ0n) is 11.3. The van der Waals surface area contributed by atoms with Crippen LogP contribution >= 0.6 is 0 Å². The number of nitrogens with zero attached hydrogens (tertiary/aromatic N) is 1. The van der Waals surface area contributed by atoms with Crippen LogP contribution in [0.5, 0.6) is 0 Å². The second-order valence-electron chi connectivity index (χ2n) is 5.46. The van der Waals surface area contributed by atoms with Gasteiger partial charge < -0.3 is 4.90 Å².